The van der Waals surface area contributed by atoms with Gasteiger partial charge in [-0.1, -0.05) is 364 Å². The Hall–Kier alpha value is -14.4. The van der Waals surface area contributed by atoms with E-state index in [9.17, 15) is 0 Å². The second-order valence-corrected chi connectivity index (χ2v) is 36.7. The predicted molar refractivity (Wildman–Crippen MR) is 532 cm³/mol. The van der Waals surface area contributed by atoms with Crippen LogP contribution in [0.5, 0.6) is 0 Å². The van der Waals surface area contributed by atoms with Gasteiger partial charge in [0, 0.05) is 68.2 Å². The van der Waals surface area contributed by atoms with Crippen molar-refractivity contribution in [3.8, 4) is 124 Å². The molecule has 4 unspecified atom stereocenters. The molecule has 4 bridgehead atoms. The fourth-order valence-corrected chi connectivity index (χ4v) is 19.7. The van der Waals surface area contributed by atoms with Crippen molar-refractivity contribution in [2.24, 2.45) is 0 Å². The second kappa shape index (κ2) is 34.1. The average Bonchev–Trinajstić information content (AvgIpc) is 0.820. The van der Waals surface area contributed by atoms with Crippen LogP contribution in [0.2, 0.25) is 5.28 Å². The smallest absolute Gasteiger partial charge is 0.399 e. The number of rotatable bonds is 13. The lowest BCUT2D eigenvalue weighted by molar-refractivity contribution is 0.00578. The lowest BCUT2D eigenvalue weighted by atomic mass is 9.59. The zero-order valence-corrected chi connectivity index (χ0v) is 75.6. The van der Waals surface area contributed by atoms with E-state index in [2.05, 4.69) is 331 Å². The van der Waals surface area contributed by atoms with Crippen LogP contribution in [0.3, 0.4) is 0 Å². The highest BCUT2D eigenvalue weighted by molar-refractivity contribution is 6.62. The van der Waals surface area contributed by atoms with Crippen LogP contribution in [-0.4, -0.2) is 81.5 Å². The molecule has 0 saturated carbocycles. The minimum absolute atomic E-state index is 0. The van der Waals surface area contributed by atoms with Gasteiger partial charge in [0.05, 0.1) is 22.4 Å². The van der Waals surface area contributed by atoms with Gasteiger partial charge in [-0.3, -0.25) is 0 Å². The first-order chi connectivity index (χ1) is 63.8. The SMILES string of the molecule is CC1(C)OB(c2ccc3c(c2)C2c4ccccc4C3c3cc(B4OC(C)(C)C(C)(C)O4)ccc32)OC1(C)C.Clc1nc(-c2ccccc2)nc(-c2ccccc2-c2ccccc2)n1.[CH3-].c1ccc(-c2nc(-c3ccc4c(c3)C3c5ccccc5C4c4cc(-c5nc(-c6ccccc6)nc(-c6ccccc6-c6ccccc6)n5)ccc43)nc(-c3ccccc3-c3ccccc3)n2)cc1. The molecule has 8 aliphatic rings. The molecule has 18 aromatic rings. The van der Waals surface area contributed by atoms with Crippen LogP contribution in [0, 0.1) is 7.43 Å². The lowest BCUT2D eigenvalue weighted by Crippen LogP contribution is -2.41. The zero-order chi connectivity index (χ0) is 88.9. The van der Waals surface area contributed by atoms with E-state index < -0.39 is 0 Å². The van der Waals surface area contributed by atoms with E-state index in [1.807, 2.05) is 115 Å². The highest BCUT2D eigenvalue weighted by Crippen LogP contribution is 2.59. The van der Waals surface area contributed by atoms with Crippen molar-refractivity contribution in [1.82, 2.24) is 44.9 Å². The average molecular weight is 1730 g/mol. The molecule has 3 aromatic heterocycles. The van der Waals surface area contributed by atoms with E-state index in [1.54, 1.807) is 0 Å². The highest BCUT2D eigenvalue weighted by atomic mass is 35.5. The van der Waals surface area contributed by atoms with Crippen LogP contribution in [0.1, 0.15) is 146 Å². The van der Waals surface area contributed by atoms with Gasteiger partial charge in [-0.2, -0.15) is 9.97 Å². The monoisotopic (exact) mass is 1730 g/mol. The molecule has 13 nitrogen and oxygen atoms in total. The summed E-state index contributed by atoms with van der Waals surface area (Å²) in [4.78, 5) is 44.5. The topological polar surface area (TPSA) is 153 Å². The Kier molecular flexibility index (Phi) is 21.8. The lowest BCUT2D eigenvalue weighted by Gasteiger charge is -2.42. The van der Waals surface area contributed by atoms with E-state index in [0.29, 0.717) is 46.6 Å². The van der Waals surface area contributed by atoms with Crippen molar-refractivity contribution in [2.75, 3.05) is 0 Å². The van der Waals surface area contributed by atoms with E-state index in [0.717, 1.165) is 88.8 Å². The molecule has 2 fully saturated rings. The van der Waals surface area contributed by atoms with E-state index >= 15 is 0 Å². The Labute approximate surface area is 776 Å². The summed E-state index contributed by atoms with van der Waals surface area (Å²) in [6.45, 7) is 16.9. The molecular weight excluding hydrogens is 1640 g/mol. The van der Waals surface area contributed by atoms with Gasteiger partial charge in [-0.15, -0.1) is 0 Å². The van der Waals surface area contributed by atoms with Crippen molar-refractivity contribution in [2.45, 2.75) is 101 Å². The maximum absolute atomic E-state index is 6.42. The molecule has 5 heterocycles. The first-order valence-corrected chi connectivity index (χ1v) is 45.2. The molecule has 2 aliphatic heterocycles. The maximum atomic E-state index is 6.42. The third kappa shape index (κ3) is 15.3. The molecule has 640 valence electrons. The van der Waals surface area contributed by atoms with Crippen LogP contribution in [-0.2, 0) is 18.6 Å². The van der Waals surface area contributed by atoms with Gasteiger partial charge < -0.3 is 26.0 Å². The van der Waals surface area contributed by atoms with Gasteiger partial charge in [0.25, 0.3) is 0 Å². The predicted octanol–water partition coefficient (Wildman–Crippen LogP) is 25.6. The molecule has 15 aromatic carbocycles. The van der Waals surface area contributed by atoms with Gasteiger partial charge in [-0.05, 0) is 190 Å². The number of nitrogens with zero attached hydrogens (tertiary/aromatic N) is 9. The molecule has 0 N–H and O–H groups in total. The Morgan fingerprint density at radius 2 is 0.402 bits per heavy atom. The quantitative estimate of drug-likeness (QED) is 0.0796. The third-order valence-electron chi connectivity index (χ3n) is 27.4. The zero-order valence-electron chi connectivity index (χ0n) is 74.8. The molecule has 16 heteroatoms. The van der Waals surface area contributed by atoms with Crippen molar-refractivity contribution >= 4 is 36.8 Å². The third-order valence-corrected chi connectivity index (χ3v) is 27.6. The Morgan fingerprint density at radius 1 is 0.197 bits per heavy atom. The van der Waals surface area contributed by atoms with Crippen LogP contribution in [0.15, 0.2) is 376 Å². The maximum Gasteiger partial charge on any atom is 0.494 e. The second-order valence-electron chi connectivity index (χ2n) is 36.3. The van der Waals surface area contributed by atoms with E-state index in [-0.39, 0.29) is 73.0 Å². The molecule has 0 spiro atoms. The van der Waals surface area contributed by atoms with Crippen LogP contribution < -0.4 is 10.9 Å². The van der Waals surface area contributed by atoms with Crippen LogP contribution >= 0.6 is 11.6 Å². The molecular formula is C116H93B2ClN9O4-. The van der Waals surface area contributed by atoms with Crippen molar-refractivity contribution in [3.63, 3.8) is 0 Å². The molecule has 0 amide bonds. The van der Waals surface area contributed by atoms with E-state index in [4.69, 9.17) is 60.1 Å². The fourth-order valence-electron chi connectivity index (χ4n) is 19.5. The minimum atomic E-state index is -0.369. The first-order valence-electron chi connectivity index (χ1n) is 44.8. The first kappa shape index (κ1) is 84.4. The summed E-state index contributed by atoms with van der Waals surface area (Å²) in [5.74, 6) is 5.33. The van der Waals surface area contributed by atoms with Gasteiger partial charge in [-0.25, -0.2) is 34.9 Å². The Bertz CT molecular complexity index is 7050. The van der Waals surface area contributed by atoms with Crippen LogP contribution in [0.25, 0.3) is 124 Å². The summed E-state index contributed by atoms with van der Waals surface area (Å²) in [6, 6.07) is 131. The number of halogens is 1. The van der Waals surface area contributed by atoms with Crippen molar-refractivity contribution in [1.29, 1.82) is 0 Å². The summed E-state index contributed by atoms with van der Waals surface area (Å²) >= 11 is 6.19. The number of hydrogen-bond acceptors (Lipinski definition) is 13. The molecule has 2 saturated heterocycles. The minimum Gasteiger partial charge on any atom is -0.399 e. The van der Waals surface area contributed by atoms with Gasteiger partial charge in [0.1, 0.15) is 0 Å². The summed E-state index contributed by atoms with van der Waals surface area (Å²) < 4.78 is 25.7. The molecule has 4 atom stereocenters. The molecule has 6 aliphatic carbocycles. The molecule has 26 rings (SSSR count). The van der Waals surface area contributed by atoms with Gasteiger partial charge in [0.2, 0.25) is 5.28 Å². The molecule has 0 radical (unpaired) electrons. The number of hydrogen-bond donors (Lipinski definition) is 0. The van der Waals surface area contributed by atoms with Crippen molar-refractivity contribution < 1.29 is 18.6 Å². The van der Waals surface area contributed by atoms with Gasteiger partial charge >= 0.3 is 14.2 Å². The van der Waals surface area contributed by atoms with Crippen LogP contribution in [0.4, 0.5) is 0 Å². The van der Waals surface area contributed by atoms with Gasteiger partial charge in [0.15, 0.2) is 46.6 Å². The normalized spacial score (nSPS) is 17.0. The largest absolute Gasteiger partial charge is 0.494 e. The summed E-state index contributed by atoms with van der Waals surface area (Å²) in [6.07, 6.45) is 0. The standard InChI is InChI=1S/C62H40N6.C32H36B2O4.C21H14ClN3.CH3/c1-5-19-39(20-6-1)45-27-13-17-31-51(45)61-65-57(41-23-9-3-10-24-41)63-59(67-61)43-33-35-49-53(37-43)55-47-29-15-16-30-48(47)56(49)54-38-44(34-36-50(54)55)60-64-58(42-25-11-4-12-26-42)66-62(68-60)52-32-18-14-28-46(52)40-21-7-2-8-22-40;1-29(2)30(3,4)36-33(35-29)19-13-15-23-25(17-19)27-21-11-9-10-12-22(21)28(23)26-18-20(14-16-24(26)27)34-37-31(5,6)32(7,8)38-34;22-21-24-19(16-11-5-2-6-12-16)23-20(25-21)18-14-8-7-13-17(18)15-9-3-1-4-10-15;/h1-38,55-56H;9-18,27-28H,1-8H3;1-14H;1H3/q;;;-1. The summed E-state index contributed by atoms with van der Waals surface area (Å²) in [7, 11) is -0.738. The molecule has 132 heavy (non-hydrogen) atoms. The summed E-state index contributed by atoms with van der Waals surface area (Å²) in [5, 5.41) is 0.187. The van der Waals surface area contributed by atoms with E-state index in [1.165, 1.54) is 66.8 Å². The highest BCUT2D eigenvalue weighted by Gasteiger charge is 2.54. The van der Waals surface area contributed by atoms with Crippen molar-refractivity contribution in [3.05, 3.63) is 456 Å². The number of benzene rings is 15. The fraction of sp³-hybridized carbons (Fsp3) is 0.138. The Balaban J connectivity index is 0.000000137. The Morgan fingerprint density at radius 3 is 0.697 bits per heavy atom. The summed E-state index contributed by atoms with van der Waals surface area (Å²) in [5.41, 5.74) is 30.8. The number of aromatic nitrogens is 9.